The molecule has 2 unspecified atom stereocenters. The number of nitrogens with zero attached hydrogens (tertiary/aromatic N) is 1. The van der Waals surface area contributed by atoms with Gasteiger partial charge in [0.25, 0.3) is 0 Å². The van der Waals surface area contributed by atoms with Gasteiger partial charge in [-0.05, 0) is 98.6 Å². The van der Waals surface area contributed by atoms with E-state index in [1.807, 2.05) is 0 Å². The Hall–Kier alpha value is -3.82. The molecule has 0 saturated heterocycles. The second-order valence-corrected chi connectivity index (χ2v) is 14.8. The zero-order valence-electron chi connectivity index (χ0n) is 26.2. The van der Waals surface area contributed by atoms with E-state index in [9.17, 15) is 0 Å². The molecule has 0 bridgehead atoms. The van der Waals surface area contributed by atoms with Crippen molar-refractivity contribution in [2.45, 2.75) is 51.3 Å². The lowest BCUT2D eigenvalue weighted by Gasteiger charge is -2.30. The summed E-state index contributed by atoms with van der Waals surface area (Å²) in [6.45, 7) is 11.9. The van der Waals surface area contributed by atoms with Crippen LogP contribution in [0.5, 0.6) is 0 Å². The molecule has 216 valence electrons. The van der Waals surface area contributed by atoms with Crippen LogP contribution < -0.4 is 10.4 Å². The van der Waals surface area contributed by atoms with Crippen LogP contribution in [0, 0.1) is 5.92 Å². The quantitative estimate of drug-likeness (QED) is 0.178. The molecule has 0 N–H and O–H groups in total. The Balaban J connectivity index is 1.40. The lowest BCUT2D eigenvalue weighted by Crippen LogP contribution is -2.24. The predicted octanol–water partition coefficient (Wildman–Crippen LogP) is 10.6. The van der Waals surface area contributed by atoms with E-state index in [4.69, 9.17) is 0 Å². The van der Waals surface area contributed by atoms with Gasteiger partial charge >= 0.3 is 0 Å². The van der Waals surface area contributed by atoms with Crippen molar-refractivity contribution in [2.24, 2.45) is 5.92 Å². The monoisotopic (exact) mass is 633 g/mol. The Morgan fingerprint density at radius 3 is 2.07 bits per heavy atom. The summed E-state index contributed by atoms with van der Waals surface area (Å²) < 4.78 is 1.08. The number of benzene rings is 5. The number of allylic oxidation sites excluding steroid dienone is 4. The molecule has 0 saturated carbocycles. The third kappa shape index (κ3) is 3.91. The van der Waals surface area contributed by atoms with E-state index in [-0.39, 0.29) is 10.8 Å². The van der Waals surface area contributed by atoms with Gasteiger partial charge in [0.2, 0.25) is 0 Å². The molecule has 8 rings (SSSR count). The van der Waals surface area contributed by atoms with Gasteiger partial charge in [-0.3, -0.25) is 0 Å². The van der Waals surface area contributed by atoms with E-state index in [1.165, 1.54) is 61.0 Å². The zero-order valence-corrected chi connectivity index (χ0v) is 27.7. The van der Waals surface area contributed by atoms with Gasteiger partial charge in [-0.2, -0.15) is 0 Å². The average Bonchev–Trinajstić information content (AvgIpc) is 3.41. The predicted molar refractivity (Wildman–Crippen MR) is 194 cm³/mol. The van der Waals surface area contributed by atoms with Gasteiger partial charge < -0.3 is 4.90 Å². The average molecular weight is 634 g/mol. The van der Waals surface area contributed by atoms with E-state index in [1.54, 1.807) is 0 Å². The highest BCUT2D eigenvalue weighted by Crippen LogP contribution is 2.59. The Kier molecular flexibility index (Phi) is 6.20. The molecule has 0 aromatic heterocycles. The third-order valence-corrected chi connectivity index (χ3v) is 11.3. The lowest BCUT2D eigenvalue weighted by atomic mass is 9.73. The van der Waals surface area contributed by atoms with Gasteiger partial charge in [0.15, 0.2) is 7.28 Å². The van der Waals surface area contributed by atoms with Crippen LogP contribution in [0.15, 0.2) is 120 Å². The molecule has 3 aliphatic carbocycles. The van der Waals surface area contributed by atoms with Crippen LogP contribution in [0.2, 0.25) is 6.82 Å². The van der Waals surface area contributed by atoms with Crippen molar-refractivity contribution in [1.29, 1.82) is 0 Å². The highest BCUT2D eigenvalue weighted by molar-refractivity contribution is 9.10. The minimum absolute atomic E-state index is 0.0853. The molecular weight excluding hydrogens is 597 g/mol. The maximum absolute atomic E-state index is 3.66. The summed E-state index contributed by atoms with van der Waals surface area (Å²) in [7, 11) is 1.03. The van der Waals surface area contributed by atoms with Crippen LogP contribution >= 0.6 is 15.9 Å². The van der Waals surface area contributed by atoms with E-state index in [0.29, 0.717) is 11.8 Å². The topological polar surface area (TPSA) is 3.24 Å². The SMILES string of the molecule is CBc1ccc(N(c2ccc(Br)cc2)c2cc3c(c4ccccc24)-c2cc4c(cc2C3(C)C)C2C=CC=CC2C4(C)C)cc1. The Labute approximate surface area is 270 Å². The fourth-order valence-corrected chi connectivity index (χ4v) is 8.58. The van der Waals surface area contributed by atoms with E-state index < -0.39 is 0 Å². The normalized spacial score (nSPS) is 19.8. The second-order valence-electron chi connectivity index (χ2n) is 13.8. The first-order chi connectivity index (χ1) is 21.2. The van der Waals surface area contributed by atoms with Gasteiger partial charge in [-0.1, -0.05) is 123 Å². The van der Waals surface area contributed by atoms with Crippen molar-refractivity contribution in [1.82, 2.24) is 0 Å². The molecule has 3 aliphatic rings. The minimum Gasteiger partial charge on any atom is -0.310 e. The molecule has 0 radical (unpaired) electrons. The molecule has 0 aliphatic heterocycles. The molecule has 0 spiro atoms. The number of rotatable bonds is 4. The highest BCUT2D eigenvalue weighted by Gasteiger charge is 2.47. The summed E-state index contributed by atoms with van der Waals surface area (Å²) in [5.41, 5.74) is 13.5. The molecular formula is C41H37BBrN. The van der Waals surface area contributed by atoms with Crippen molar-refractivity contribution < 1.29 is 0 Å². The number of halogens is 1. The van der Waals surface area contributed by atoms with Crippen LogP contribution in [0.25, 0.3) is 21.9 Å². The van der Waals surface area contributed by atoms with Crippen LogP contribution in [0.4, 0.5) is 17.1 Å². The molecule has 44 heavy (non-hydrogen) atoms. The van der Waals surface area contributed by atoms with Crippen molar-refractivity contribution in [2.75, 3.05) is 4.90 Å². The molecule has 2 atom stereocenters. The van der Waals surface area contributed by atoms with E-state index >= 15 is 0 Å². The number of hydrogen-bond acceptors (Lipinski definition) is 1. The molecule has 5 aromatic carbocycles. The Bertz CT molecular complexity index is 2010. The second kappa shape index (κ2) is 9.84. The van der Waals surface area contributed by atoms with Crippen molar-refractivity contribution in [3.05, 3.63) is 142 Å². The number of anilines is 3. The van der Waals surface area contributed by atoms with E-state index in [0.717, 1.165) is 17.4 Å². The fourth-order valence-electron chi connectivity index (χ4n) is 8.31. The van der Waals surface area contributed by atoms with Crippen molar-refractivity contribution in [3.63, 3.8) is 0 Å². The van der Waals surface area contributed by atoms with Crippen LogP contribution in [-0.4, -0.2) is 7.28 Å². The first kappa shape index (κ1) is 27.7. The third-order valence-electron chi connectivity index (χ3n) is 10.8. The van der Waals surface area contributed by atoms with E-state index in [2.05, 4.69) is 171 Å². The highest BCUT2D eigenvalue weighted by atomic mass is 79.9. The summed E-state index contributed by atoms with van der Waals surface area (Å²) in [6.07, 6.45) is 9.33. The standard InChI is InChI=1S/C41H37BBrN/c1-40(2)34-13-9-8-10-29(34)32-22-36-33(23-35(32)40)39-31-12-7-6-11-30(31)38(24-37(39)41(36,3)4)44(28-20-16-26(43)17-21-28)27-18-14-25(42-5)15-19-27/h6-24,29,34,42H,1-5H3. The molecule has 5 aromatic rings. The first-order valence-electron chi connectivity index (χ1n) is 15.9. The van der Waals surface area contributed by atoms with Crippen LogP contribution in [0.3, 0.4) is 0 Å². The number of hydrogen-bond donors (Lipinski definition) is 0. The van der Waals surface area contributed by atoms with Crippen molar-refractivity contribution >= 4 is 56.5 Å². The summed E-state index contributed by atoms with van der Waals surface area (Å²) in [5.74, 6) is 0.950. The van der Waals surface area contributed by atoms with Gasteiger partial charge in [-0.25, -0.2) is 0 Å². The summed E-state index contributed by atoms with van der Waals surface area (Å²) >= 11 is 3.66. The first-order valence-corrected chi connectivity index (χ1v) is 16.7. The number of fused-ring (bicyclic) bond motifs is 8. The van der Waals surface area contributed by atoms with Gasteiger partial charge in [0.1, 0.15) is 0 Å². The smallest absolute Gasteiger partial charge is 0.154 e. The molecule has 0 amide bonds. The van der Waals surface area contributed by atoms with Crippen LogP contribution in [-0.2, 0) is 10.8 Å². The van der Waals surface area contributed by atoms with Crippen LogP contribution in [0.1, 0.15) is 55.9 Å². The van der Waals surface area contributed by atoms with Gasteiger partial charge in [-0.15, -0.1) is 0 Å². The maximum atomic E-state index is 3.66. The minimum atomic E-state index is -0.133. The molecule has 0 heterocycles. The molecule has 3 heteroatoms. The zero-order chi connectivity index (χ0) is 30.4. The van der Waals surface area contributed by atoms with Gasteiger partial charge in [0, 0.05) is 32.6 Å². The fraction of sp³-hybridized carbons (Fsp3) is 0.220. The van der Waals surface area contributed by atoms with Crippen molar-refractivity contribution in [3.8, 4) is 11.1 Å². The largest absolute Gasteiger partial charge is 0.310 e. The maximum Gasteiger partial charge on any atom is 0.154 e. The Morgan fingerprint density at radius 2 is 1.36 bits per heavy atom. The van der Waals surface area contributed by atoms with Gasteiger partial charge in [0.05, 0.1) is 5.69 Å². The Morgan fingerprint density at radius 1 is 0.705 bits per heavy atom. The summed E-state index contributed by atoms with van der Waals surface area (Å²) in [4.78, 5) is 2.44. The lowest BCUT2D eigenvalue weighted by molar-refractivity contribution is 0.394. The summed E-state index contributed by atoms with van der Waals surface area (Å²) in [5, 5.41) is 2.60. The molecule has 0 fully saturated rings. The molecule has 1 nitrogen and oxygen atoms in total. The summed E-state index contributed by atoms with van der Waals surface area (Å²) in [6, 6.07) is 34.5.